The zero-order valence-electron chi connectivity index (χ0n) is 17.5. The van der Waals surface area contributed by atoms with E-state index in [9.17, 15) is 14.7 Å². The number of carbonyl (C=O) groups excluding carboxylic acids is 1. The first-order chi connectivity index (χ1) is 15.4. The number of aromatic hydroxyl groups is 1. The SMILES string of the molecule is CCc1cc2c(COC(=O)CO/N=C(\C)c3ccc4c(c3)OCO4)cc(=O)oc2cc1O. The average Bonchev–Trinajstić information content (AvgIpc) is 3.24. The Hall–Kier alpha value is -4.01. The topological polar surface area (TPSA) is 117 Å². The van der Waals surface area contributed by atoms with E-state index in [-0.39, 0.29) is 24.7 Å². The van der Waals surface area contributed by atoms with E-state index in [0.29, 0.717) is 40.1 Å². The molecule has 9 heteroatoms. The molecule has 0 amide bonds. The van der Waals surface area contributed by atoms with Crippen LogP contribution < -0.4 is 15.1 Å². The summed E-state index contributed by atoms with van der Waals surface area (Å²) in [5.41, 5.74) is 2.09. The highest BCUT2D eigenvalue weighted by atomic mass is 16.7. The lowest BCUT2D eigenvalue weighted by Gasteiger charge is -2.09. The van der Waals surface area contributed by atoms with E-state index in [0.717, 1.165) is 5.56 Å². The normalized spacial score (nSPS) is 12.8. The van der Waals surface area contributed by atoms with E-state index in [1.165, 1.54) is 12.1 Å². The summed E-state index contributed by atoms with van der Waals surface area (Å²) in [6.07, 6.45) is 0.592. The van der Waals surface area contributed by atoms with Crippen LogP contribution in [0.25, 0.3) is 11.0 Å². The summed E-state index contributed by atoms with van der Waals surface area (Å²) in [7, 11) is 0. The van der Waals surface area contributed by atoms with E-state index in [1.54, 1.807) is 25.1 Å². The molecule has 0 bridgehead atoms. The maximum atomic E-state index is 12.1. The standard InChI is InChI=1S/C23H21NO8/c1-3-14-6-17-16(8-22(26)32-20(17)9-18(14)25)10-28-23(27)11-31-24-13(2)15-4-5-19-21(7-15)30-12-29-19/h4-9,25H,3,10-12H2,1-2H3/b24-13+. The number of phenolic OH excluding ortho intramolecular Hbond substituents is 1. The molecule has 32 heavy (non-hydrogen) atoms. The van der Waals surface area contributed by atoms with E-state index in [2.05, 4.69) is 5.16 Å². The third kappa shape index (κ3) is 4.51. The number of fused-ring (bicyclic) bond motifs is 2. The van der Waals surface area contributed by atoms with Crippen molar-refractivity contribution in [3.05, 3.63) is 63.5 Å². The zero-order chi connectivity index (χ0) is 22.7. The molecule has 0 unspecified atom stereocenters. The fourth-order valence-electron chi connectivity index (χ4n) is 3.27. The molecule has 0 aliphatic carbocycles. The van der Waals surface area contributed by atoms with Gasteiger partial charge in [0, 0.05) is 28.6 Å². The summed E-state index contributed by atoms with van der Waals surface area (Å²) < 4.78 is 21.0. The van der Waals surface area contributed by atoms with Gasteiger partial charge in [0.1, 0.15) is 17.9 Å². The molecule has 4 rings (SSSR count). The van der Waals surface area contributed by atoms with Crippen LogP contribution in [0.5, 0.6) is 17.2 Å². The van der Waals surface area contributed by atoms with Crippen LogP contribution >= 0.6 is 0 Å². The second kappa shape index (κ2) is 9.01. The molecular weight excluding hydrogens is 418 g/mol. The van der Waals surface area contributed by atoms with Gasteiger partial charge in [0.25, 0.3) is 0 Å². The Kier molecular flexibility index (Phi) is 5.98. The van der Waals surface area contributed by atoms with Crippen molar-refractivity contribution in [2.24, 2.45) is 5.16 Å². The Morgan fingerprint density at radius 3 is 2.75 bits per heavy atom. The zero-order valence-corrected chi connectivity index (χ0v) is 17.5. The van der Waals surface area contributed by atoms with Crippen molar-refractivity contribution in [3.8, 4) is 17.2 Å². The van der Waals surface area contributed by atoms with E-state index < -0.39 is 18.2 Å². The number of benzene rings is 2. The van der Waals surface area contributed by atoms with Crippen molar-refractivity contribution in [3.63, 3.8) is 0 Å². The number of hydrogen-bond acceptors (Lipinski definition) is 9. The average molecular weight is 439 g/mol. The summed E-state index contributed by atoms with van der Waals surface area (Å²) in [6.45, 7) is 3.25. The summed E-state index contributed by atoms with van der Waals surface area (Å²) >= 11 is 0. The van der Waals surface area contributed by atoms with Gasteiger partial charge in [-0.05, 0) is 43.2 Å². The lowest BCUT2D eigenvalue weighted by Crippen LogP contribution is -2.12. The van der Waals surface area contributed by atoms with E-state index in [1.807, 2.05) is 13.0 Å². The van der Waals surface area contributed by atoms with Crippen LogP contribution in [0, 0.1) is 0 Å². The molecule has 0 spiro atoms. The highest BCUT2D eigenvalue weighted by Crippen LogP contribution is 2.32. The van der Waals surface area contributed by atoms with Crippen LogP contribution in [-0.4, -0.2) is 30.2 Å². The van der Waals surface area contributed by atoms with Gasteiger partial charge in [0.15, 0.2) is 11.5 Å². The number of carbonyl (C=O) groups is 1. The maximum absolute atomic E-state index is 12.1. The molecule has 2 aromatic carbocycles. The summed E-state index contributed by atoms with van der Waals surface area (Å²) in [5.74, 6) is 0.676. The Labute approximate surface area is 182 Å². The second-order valence-electron chi connectivity index (χ2n) is 7.10. The van der Waals surface area contributed by atoms with Crippen molar-refractivity contribution in [1.82, 2.24) is 0 Å². The molecule has 1 aromatic heterocycles. The highest BCUT2D eigenvalue weighted by molar-refractivity contribution is 5.99. The van der Waals surface area contributed by atoms with Gasteiger partial charge in [0.05, 0.1) is 5.71 Å². The highest BCUT2D eigenvalue weighted by Gasteiger charge is 2.15. The molecule has 166 valence electrons. The van der Waals surface area contributed by atoms with Gasteiger partial charge in [-0.2, -0.15) is 0 Å². The van der Waals surface area contributed by atoms with Gasteiger partial charge in [-0.1, -0.05) is 12.1 Å². The van der Waals surface area contributed by atoms with Crippen LogP contribution in [0.2, 0.25) is 0 Å². The molecule has 9 nitrogen and oxygen atoms in total. The minimum atomic E-state index is -0.650. The molecule has 1 N–H and O–H groups in total. The van der Waals surface area contributed by atoms with Gasteiger partial charge < -0.3 is 28.6 Å². The minimum Gasteiger partial charge on any atom is -0.508 e. The summed E-state index contributed by atoms with van der Waals surface area (Å²) in [6, 6.07) is 9.72. The first-order valence-corrected chi connectivity index (χ1v) is 9.95. The number of phenols is 1. The number of hydrogen-bond donors (Lipinski definition) is 1. The minimum absolute atomic E-state index is 0.0429. The molecule has 0 radical (unpaired) electrons. The number of oxime groups is 1. The second-order valence-corrected chi connectivity index (χ2v) is 7.10. The number of rotatable bonds is 7. The fourth-order valence-corrected chi connectivity index (χ4v) is 3.27. The summed E-state index contributed by atoms with van der Waals surface area (Å²) in [4.78, 5) is 29.0. The third-order valence-electron chi connectivity index (χ3n) is 4.97. The first kappa shape index (κ1) is 21.2. The molecule has 2 heterocycles. The van der Waals surface area contributed by atoms with Crippen LogP contribution in [0.4, 0.5) is 0 Å². The van der Waals surface area contributed by atoms with Crippen LogP contribution in [0.3, 0.4) is 0 Å². The smallest absolute Gasteiger partial charge is 0.347 e. The fraction of sp³-hybridized carbons (Fsp3) is 0.261. The maximum Gasteiger partial charge on any atom is 0.347 e. The predicted molar refractivity (Wildman–Crippen MR) is 114 cm³/mol. The van der Waals surface area contributed by atoms with Crippen LogP contribution in [0.15, 0.2) is 50.8 Å². The van der Waals surface area contributed by atoms with Gasteiger partial charge in [-0.15, -0.1) is 0 Å². The molecule has 0 fully saturated rings. The molecule has 0 saturated carbocycles. The lowest BCUT2D eigenvalue weighted by atomic mass is 10.0. The van der Waals surface area contributed by atoms with Gasteiger partial charge in [-0.25, -0.2) is 9.59 Å². The summed E-state index contributed by atoms with van der Waals surface area (Å²) in [5, 5.41) is 14.5. The van der Waals surface area contributed by atoms with Gasteiger partial charge in [0.2, 0.25) is 13.4 Å². The van der Waals surface area contributed by atoms with Crippen molar-refractivity contribution >= 4 is 22.7 Å². The molecule has 1 aliphatic rings. The Morgan fingerprint density at radius 2 is 1.94 bits per heavy atom. The first-order valence-electron chi connectivity index (χ1n) is 9.95. The Bertz CT molecular complexity index is 1260. The number of esters is 1. The number of aryl methyl sites for hydroxylation is 1. The van der Waals surface area contributed by atoms with Crippen molar-refractivity contribution in [2.45, 2.75) is 26.9 Å². The van der Waals surface area contributed by atoms with Crippen LogP contribution in [-0.2, 0) is 27.4 Å². The molecule has 0 atom stereocenters. The van der Waals surface area contributed by atoms with E-state index in [4.69, 9.17) is 23.5 Å². The van der Waals surface area contributed by atoms with Crippen molar-refractivity contribution in [1.29, 1.82) is 0 Å². The molecule has 3 aromatic rings. The van der Waals surface area contributed by atoms with Gasteiger partial charge in [-0.3, -0.25) is 0 Å². The van der Waals surface area contributed by atoms with E-state index >= 15 is 0 Å². The Balaban J connectivity index is 1.38. The number of ether oxygens (including phenoxy) is 3. The predicted octanol–water partition coefficient (Wildman–Crippen LogP) is 3.27. The monoisotopic (exact) mass is 439 g/mol. The molecule has 0 saturated heterocycles. The van der Waals surface area contributed by atoms with Gasteiger partial charge >= 0.3 is 11.6 Å². The number of nitrogens with zero attached hydrogens (tertiary/aromatic N) is 1. The van der Waals surface area contributed by atoms with Crippen molar-refractivity contribution in [2.75, 3.05) is 13.4 Å². The molecule has 1 aliphatic heterocycles. The lowest BCUT2D eigenvalue weighted by molar-refractivity contribution is -0.150. The quantitative estimate of drug-likeness (QED) is 0.258. The van der Waals surface area contributed by atoms with Crippen molar-refractivity contribution < 1.29 is 33.4 Å². The largest absolute Gasteiger partial charge is 0.508 e. The van der Waals surface area contributed by atoms with Crippen LogP contribution in [0.1, 0.15) is 30.5 Å². The Morgan fingerprint density at radius 1 is 1.12 bits per heavy atom. The molecular formula is C23H21NO8. The third-order valence-corrected chi connectivity index (χ3v) is 4.97.